The van der Waals surface area contributed by atoms with Crippen LogP contribution in [0, 0.1) is 0 Å². The summed E-state index contributed by atoms with van der Waals surface area (Å²) >= 11 is 0. The molecule has 0 aliphatic heterocycles. The number of carbonyl (C=O) groups excluding carboxylic acids is 1. The Morgan fingerprint density at radius 3 is 2.87 bits per heavy atom. The first-order chi connectivity index (χ1) is 15.1. The highest BCUT2D eigenvalue weighted by molar-refractivity contribution is 5.98. The molecule has 7 nitrogen and oxygen atoms in total. The molecule has 4 aromatic rings. The van der Waals surface area contributed by atoms with E-state index in [4.69, 9.17) is 4.74 Å². The second kappa shape index (κ2) is 9.13. The lowest BCUT2D eigenvalue weighted by molar-refractivity contribution is 0.0955. The van der Waals surface area contributed by atoms with Gasteiger partial charge in [-0.2, -0.15) is 5.10 Å². The Labute approximate surface area is 179 Å². The van der Waals surface area contributed by atoms with Crippen molar-refractivity contribution in [1.29, 1.82) is 0 Å². The van der Waals surface area contributed by atoms with E-state index in [0.29, 0.717) is 34.6 Å². The number of imidazole rings is 1. The molecule has 0 spiro atoms. The predicted octanol–water partition coefficient (Wildman–Crippen LogP) is 4.49. The van der Waals surface area contributed by atoms with Gasteiger partial charge in [-0.25, -0.2) is 10.4 Å². The molecule has 0 bridgehead atoms. The maximum absolute atomic E-state index is 12.5. The lowest BCUT2D eigenvalue weighted by Crippen LogP contribution is -2.17. The number of aromatic hydroxyl groups is 1. The van der Waals surface area contributed by atoms with Gasteiger partial charge in [0.2, 0.25) is 0 Å². The van der Waals surface area contributed by atoms with Crippen LogP contribution in [0.2, 0.25) is 0 Å². The van der Waals surface area contributed by atoms with E-state index in [1.165, 1.54) is 0 Å². The maximum Gasteiger partial charge on any atom is 0.271 e. The quantitative estimate of drug-likeness (QED) is 0.306. The molecular weight excluding hydrogens is 392 g/mol. The topological polar surface area (TPSA) is 99.6 Å². The van der Waals surface area contributed by atoms with Crippen molar-refractivity contribution in [2.75, 3.05) is 6.61 Å². The number of H-pyrrole nitrogens is 1. The highest BCUT2D eigenvalue weighted by Crippen LogP contribution is 2.28. The summed E-state index contributed by atoms with van der Waals surface area (Å²) in [7, 11) is 0. The summed E-state index contributed by atoms with van der Waals surface area (Å²) in [5.74, 6) is 1.10. The maximum atomic E-state index is 12.5. The number of nitrogens with one attached hydrogen (secondary N) is 2. The van der Waals surface area contributed by atoms with Gasteiger partial charge in [0.05, 0.1) is 29.4 Å². The Hall–Kier alpha value is -4.13. The number of para-hydroxylation sites is 1. The van der Waals surface area contributed by atoms with Crippen LogP contribution in [0.25, 0.3) is 22.4 Å². The monoisotopic (exact) mass is 414 g/mol. The van der Waals surface area contributed by atoms with Crippen LogP contribution in [0.5, 0.6) is 11.5 Å². The lowest BCUT2D eigenvalue weighted by atomic mass is 10.2. The van der Waals surface area contributed by atoms with Gasteiger partial charge in [-0.15, -0.1) is 0 Å². The van der Waals surface area contributed by atoms with E-state index in [2.05, 4.69) is 20.5 Å². The molecule has 0 saturated heterocycles. The first-order valence-electron chi connectivity index (χ1n) is 9.98. The molecule has 0 saturated carbocycles. The summed E-state index contributed by atoms with van der Waals surface area (Å²) < 4.78 is 5.60. The zero-order chi connectivity index (χ0) is 21.6. The molecule has 0 fully saturated rings. The van der Waals surface area contributed by atoms with Crippen molar-refractivity contribution in [2.45, 2.75) is 13.3 Å². The first kappa shape index (κ1) is 20.2. The first-order valence-corrected chi connectivity index (χ1v) is 9.98. The van der Waals surface area contributed by atoms with Crippen LogP contribution in [0.3, 0.4) is 0 Å². The van der Waals surface area contributed by atoms with Crippen molar-refractivity contribution in [2.24, 2.45) is 5.10 Å². The highest BCUT2D eigenvalue weighted by atomic mass is 16.5. The number of carbonyl (C=O) groups is 1. The molecule has 0 unspecified atom stereocenters. The fraction of sp³-hybridized carbons (Fsp3) is 0.125. The third-order valence-corrected chi connectivity index (χ3v) is 4.61. The number of rotatable bonds is 7. The van der Waals surface area contributed by atoms with Gasteiger partial charge in [-0.05, 0) is 54.4 Å². The van der Waals surface area contributed by atoms with E-state index in [1.807, 2.05) is 37.3 Å². The molecule has 1 aromatic heterocycles. The molecule has 0 atom stereocenters. The van der Waals surface area contributed by atoms with Crippen molar-refractivity contribution in [1.82, 2.24) is 15.4 Å². The summed E-state index contributed by atoms with van der Waals surface area (Å²) in [4.78, 5) is 20.1. The highest BCUT2D eigenvalue weighted by Gasteiger charge is 2.11. The zero-order valence-electron chi connectivity index (χ0n) is 17.0. The molecular formula is C24H22N4O3. The molecule has 31 heavy (non-hydrogen) atoms. The van der Waals surface area contributed by atoms with Crippen LogP contribution in [0.1, 0.15) is 29.3 Å². The molecule has 1 heterocycles. The van der Waals surface area contributed by atoms with Crippen LogP contribution in [-0.2, 0) is 0 Å². The van der Waals surface area contributed by atoms with Crippen molar-refractivity contribution in [3.63, 3.8) is 0 Å². The molecule has 0 aliphatic rings. The number of hydrazone groups is 1. The molecule has 3 aromatic carbocycles. The SMILES string of the molecule is CCCOc1cccc(/C=N/NC(=O)c2ccc3nc(-c4ccccc4O)[nH]c3c2)c1. The summed E-state index contributed by atoms with van der Waals surface area (Å²) in [6, 6.07) is 19.6. The number of aromatic nitrogens is 2. The molecule has 3 N–H and O–H groups in total. The van der Waals surface area contributed by atoms with Crippen molar-refractivity contribution in [3.8, 4) is 22.9 Å². The number of phenolic OH excluding ortho intramolecular Hbond substituents is 1. The van der Waals surface area contributed by atoms with Gasteiger partial charge in [0.15, 0.2) is 0 Å². The van der Waals surface area contributed by atoms with E-state index in [-0.39, 0.29) is 11.7 Å². The minimum absolute atomic E-state index is 0.137. The predicted molar refractivity (Wildman–Crippen MR) is 120 cm³/mol. The average molecular weight is 414 g/mol. The summed E-state index contributed by atoms with van der Waals surface area (Å²) in [6.07, 6.45) is 2.50. The van der Waals surface area contributed by atoms with Gasteiger partial charge in [0.1, 0.15) is 17.3 Å². The van der Waals surface area contributed by atoms with Gasteiger partial charge in [0.25, 0.3) is 5.91 Å². The molecule has 4 rings (SSSR count). The smallest absolute Gasteiger partial charge is 0.271 e. The van der Waals surface area contributed by atoms with Crippen LogP contribution in [-0.4, -0.2) is 33.8 Å². The number of nitrogens with zero attached hydrogens (tertiary/aromatic N) is 2. The molecule has 7 heteroatoms. The Kier molecular flexibility index (Phi) is 5.93. The van der Waals surface area contributed by atoms with Crippen molar-refractivity contribution < 1.29 is 14.6 Å². The number of hydrogen-bond acceptors (Lipinski definition) is 5. The van der Waals surface area contributed by atoms with Crippen molar-refractivity contribution in [3.05, 3.63) is 77.9 Å². The largest absolute Gasteiger partial charge is 0.507 e. The normalized spacial score (nSPS) is 11.1. The van der Waals surface area contributed by atoms with E-state index in [9.17, 15) is 9.90 Å². The average Bonchev–Trinajstić information content (AvgIpc) is 3.21. The van der Waals surface area contributed by atoms with Gasteiger partial charge >= 0.3 is 0 Å². The van der Waals surface area contributed by atoms with Crippen LogP contribution in [0.4, 0.5) is 0 Å². The number of hydrogen-bond donors (Lipinski definition) is 3. The van der Waals surface area contributed by atoms with Gasteiger partial charge < -0.3 is 14.8 Å². The fourth-order valence-electron chi connectivity index (χ4n) is 3.09. The summed E-state index contributed by atoms with van der Waals surface area (Å²) in [6.45, 7) is 2.70. The third kappa shape index (κ3) is 4.72. The second-order valence-electron chi connectivity index (χ2n) is 6.95. The molecule has 0 aliphatic carbocycles. The Bertz CT molecular complexity index is 1250. The Morgan fingerprint density at radius 2 is 2.03 bits per heavy atom. The van der Waals surface area contributed by atoms with Gasteiger partial charge in [0, 0.05) is 5.56 Å². The number of aromatic amines is 1. The Balaban J connectivity index is 1.47. The summed E-state index contributed by atoms with van der Waals surface area (Å²) in [5, 5.41) is 14.1. The fourth-order valence-corrected chi connectivity index (χ4v) is 3.09. The number of phenols is 1. The van der Waals surface area contributed by atoms with Crippen LogP contribution in [0.15, 0.2) is 71.8 Å². The van der Waals surface area contributed by atoms with E-state index in [0.717, 1.165) is 17.7 Å². The third-order valence-electron chi connectivity index (χ3n) is 4.61. The number of ether oxygens (including phenoxy) is 1. The second-order valence-corrected chi connectivity index (χ2v) is 6.95. The standard InChI is InChI=1S/C24H22N4O3/c1-2-12-31-18-7-5-6-16(13-18)15-25-28-24(30)17-10-11-20-21(14-17)27-23(26-20)19-8-3-4-9-22(19)29/h3-11,13-15,29H,2,12H2,1H3,(H,26,27)(H,28,30)/b25-15+. The van der Waals surface area contributed by atoms with Crippen LogP contribution >= 0.6 is 0 Å². The molecule has 0 radical (unpaired) electrons. The van der Waals surface area contributed by atoms with E-state index >= 15 is 0 Å². The lowest BCUT2D eigenvalue weighted by Gasteiger charge is -2.04. The molecule has 1 amide bonds. The van der Waals surface area contributed by atoms with Crippen molar-refractivity contribution >= 4 is 23.2 Å². The summed E-state index contributed by atoms with van der Waals surface area (Å²) in [5.41, 5.74) is 5.79. The van der Waals surface area contributed by atoms with E-state index < -0.39 is 0 Å². The number of fused-ring (bicyclic) bond motifs is 1. The Morgan fingerprint density at radius 1 is 1.16 bits per heavy atom. The van der Waals surface area contributed by atoms with Gasteiger partial charge in [-0.3, -0.25) is 4.79 Å². The zero-order valence-corrected chi connectivity index (χ0v) is 17.0. The minimum atomic E-state index is -0.338. The number of benzene rings is 3. The minimum Gasteiger partial charge on any atom is -0.507 e. The van der Waals surface area contributed by atoms with E-state index in [1.54, 1.807) is 42.6 Å². The van der Waals surface area contributed by atoms with Crippen LogP contribution < -0.4 is 10.2 Å². The van der Waals surface area contributed by atoms with Gasteiger partial charge in [-0.1, -0.05) is 31.2 Å². The number of amides is 1. The molecule has 156 valence electrons.